The Kier molecular flexibility index (Phi) is 4.51. The average Bonchev–Trinajstić information content (AvgIpc) is 1.98. The largest absolute Gasteiger partial charge is 0.478 e. The van der Waals surface area contributed by atoms with Crippen LogP contribution in [0.1, 0.15) is 13.8 Å². The molecule has 0 aromatic heterocycles. The normalized spacial score (nSPS) is 10.4. The van der Waals surface area contributed by atoms with Gasteiger partial charge >= 0.3 is 5.97 Å². The van der Waals surface area contributed by atoms with Crippen LogP contribution in [0.4, 0.5) is 0 Å². The Morgan fingerprint density at radius 1 is 1.38 bits per heavy atom. The zero-order valence-corrected chi connectivity index (χ0v) is 7.70. The van der Waals surface area contributed by atoms with Gasteiger partial charge in [-0.05, 0) is 19.9 Å². The van der Waals surface area contributed by atoms with Crippen LogP contribution in [-0.4, -0.2) is 23.0 Å². The second-order valence-electron chi connectivity index (χ2n) is 2.82. The lowest BCUT2D eigenvalue weighted by atomic mass is 10.2. The Hall–Kier alpha value is -1.58. The number of carbonyl (C=O) groups excluding carboxylic acids is 1. The van der Waals surface area contributed by atoms with Crippen molar-refractivity contribution < 1.29 is 14.7 Å². The van der Waals surface area contributed by atoms with Gasteiger partial charge in [0.1, 0.15) is 0 Å². The Bertz CT molecular complexity index is 254. The Balaban J connectivity index is 4.12. The summed E-state index contributed by atoms with van der Waals surface area (Å²) in [7, 11) is 0. The van der Waals surface area contributed by atoms with Crippen molar-refractivity contribution in [1.29, 1.82) is 0 Å². The van der Waals surface area contributed by atoms with Gasteiger partial charge in [0.15, 0.2) is 0 Å². The molecule has 4 nitrogen and oxygen atoms in total. The molecule has 0 fully saturated rings. The summed E-state index contributed by atoms with van der Waals surface area (Å²) in [6.45, 7) is 7.04. The molecular weight excluding hydrogens is 170 g/mol. The van der Waals surface area contributed by atoms with Crippen LogP contribution in [0.15, 0.2) is 24.3 Å². The van der Waals surface area contributed by atoms with Gasteiger partial charge in [-0.2, -0.15) is 0 Å². The quantitative estimate of drug-likeness (QED) is 0.498. The maximum absolute atomic E-state index is 11.1. The third-order valence-electron chi connectivity index (χ3n) is 1.14. The van der Waals surface area contributed by atoms with E-state index in [1.807, 2.05) is 13.8 Å². The molecule has 0 atom stereocenters. The molecule has 0 radical (unpaired) electrons. The molecule has 0 heterocycles. The molecule has 0 spiro atoms. The van der Waals surface area contributed by atoms with Crippen LogP contribution in [0.3, 0.4) is 0 Å². The highest BCUT2D eigenvalue weighted by Gasteiger charge is 2.04. The molecular formula is C9H13NO3. The van der Waals surface area contributed by atoms with E-state index >= 15 is 0 Å². The lowest BCUT2D eigenvalue weighted by Gasteiger charge is -2.07. The number of carboxylic acids is 1. The molecule has 0 aliphatic heterocycles. The van der Waals surface area contributed by atoms with E-state index in [-0.39, 0.29) is 17.5 Å². The lowest BCUT2D eigenvalue weighted by Crippen LogP contribution is -2.30. The van der Waals surface area contributed by atoms with Crippen molar-refractivity contribution >= 4 is 11.9 Å². The topological polar surface area (TPSA) is 66.4 Å². The standard InChI is InChI=1S/C9H13NO3/c1-6(2)10-9(13)7(3)4-5-8(11)12/h4-6H,3H2,1-2H3,(H,10,13)(H,11,12). The molecule has 13 heavy (non-hydrogen) atoms. The molecule has 0 bridgehead atoms. The smallest absolute Gasteiger partial charge is 0.328 e. The highest BCUT2D eigenvalue weighted by atomic mass is 16.4. The van der Waals surface area contributed by atoms with Crippen molar-refractivity contribution in [2.75, 3.05) is 0 Å². The van der Waals surface area contributed by atoms with Crippen LogP contribution in [0, 0.1) is 0 Å². The summed E-state index contributed by atoms with van der Waals surface area (Å²) < 4.78 is 0. The van der Waals surface area contributed by atoms with Crippen molar-refractivity contribution in [3.8, 4) is 0 Å². The summed E-state index contributed by atoms with van der Waals surface area (Å²) in [5.74, 6) is -1.45. The van der Waals surface area contributed by atoms with Gasteiger partial charge in [0.25, 0.3) is 5.91 Å². The number of carbonyl (C=O) groups is 2. The molecule has 0 saturated heterocycles. The van der Waals surface area contributed by atoms with E-state index in [0.29, 0.717) is 0 Å². The number of carboxylic acid groups (broad SMARTS) is 1. The average molecular weight is 183 g/mol. The van der Waals surface area contributed by atoms with Crippen molar-refractivity contribution in [2.24, 2.45) is 0 Å². The van der Waals surface area contributed by atoms with E-state index in [1.165, 1.54) is 6.08 Å². The van der Waals surface area contributed by atoms with Gasteiger partial charge in [0, 0.05) is 17.7 Å². The van der Waals surface area contributed by atoms with Crippen molar-refractivity contribution in [1.82, 2.24) is 5.32 Å². The maximum atomic E-state index is 11.1. The van der Waals surface area contributed by atoms with Gasteiger partial charge in [0.2, 0.25) is 0 Å². The SMILES string of the molecule is C=C(C=CC(=O)O)C(=O)NC(C)C. The maximum Gasteiger partial charge on any atom is 0.328 e. The van der Waals surface area contributed by atoms with E-state index in [9.17, 15) is 9.59 Å². The van der Waals surface area contributed by atoms with Gasteiger partial charge in [-0.15, -0.1) is 0 Å². The summed E-state index contributed by atoms with van der Waals surface area (Å²) in [4.78, 5) is 21.2. The van der Waals surface area contributed by atoms with Gasteiger partial charge in [-0.3, -0.25) is 4.79 Å². The molecule has 0 aromatic rings. The first kappa shape index (κ1) is 11.4. The van der Waals surface area contributed by atoms with Crippen LogP contribution in [0.2, 0.25) is 0 Å². The minimum Gasteiger partial charge on any atom is -0.478 e. The minimum absolute atomic E-state index is 0.0162. The monoisotopic (exact) mass is 183 g/mol. The first-order valence-corrected chi connectivity index (χ1v) is 3.84. The van der Waals surface area contributed by atoms with Crippen LogP contribution in [0.25, 0.3) is 0 Å². The third-order valence-corrected chi connectivity index (χ3v) is 1.14. The predicted molar refractivity (Wildman–Crippen MR) is 49.2 cm³/mol. The van der Waals surface area contributed by atoms with E-state index in [2.05, 4.69) is 11.9 Å². The van der Waals surface area contributed by atoms with Crippen molar-refractivity contribution in [3.05, 3.63) is 24.3 Å². The number of aliphatic carboxylic acids is 1. The summed E-state index contributed by atoms with van der Waals surface area (Å²) in [5.41, 5.74) is 0.135. The van der Waals surface area contributed by atoms with E-state index in [4.69, 9.17) is 5.11 Å². The van der Waals surface area contributed by atoms with Crippen LogP contribution < -0.4 is 5.32 Å². The number of amides is 1. The van der Waals surface area contributed by atoms with Crippen LogP contribution in [-0.2, 0) is 9.59 Å². The Labute approximate surface area is 76.9 Å². The second-order valence-corrected chi connectivity index (χ2v) is 2.82. The molecule has 0 aliphatic rings. The molecule has 72 valence electrons. The predicted octanol–water partition coefficient (Wildman–Crippen LogP) is 0.708. The molecule has 0 unspecified atom stereocenters. The van der Waals surface area contributed by atoms with Gasteiger partial charge in [0.05, 0.1) is 0 Å². The van der Waals surface area contributed by atoms with Crippen LogP contribution in [0.5, 0.6) is 0 Å². The fourth-order valence-corrected chi connectivity index (χ4v) is 0.602. The highest BCUT2D eigenvalue weighted by molar-refractivity contribution is 5.97. The molecule has 0 aliphatic carbocycles. The Morgan fingerprint density at radius 3 is 2.31 bits per heavy atom. The molecule has 0 aromatic carbocycles. The zero-order chi connectivity index (χ0) is 10.4. The second kappa shape index (κ2) is 5.13. The number of rotatable bonds is 4. The van der Waals surface area contributed by atoms with Crippen LogP contribution >= 0.6 is 0 Å². The van der Waals surface area contributed by atoms with E-state index in [0.717, 1.165) is 6.08 Å². The summed E-state index contributed by atoms with van der Waals surface area (Å²) in [5, 5.41) is 10.8. The van der Waals surface area contributed by atoms with E-state index < -0.39 is 5.97 Å². The minimum atomic E-state index is -1.10. The Morgan fingerprint density at radius 2 is 1.92 bits per heavy atom. The highest BCUT2D eigenvalue weighted by Crippen LogP contribution is 1.93. The molecule has 2 N–H and O–H groups in total. The van der Waals surface area contributed by atoms with Gasteiger partial charge in [-0.25, -0.2) is 4.79 Å². The summed E-state index contributed by atoms with van der Waals surface area (Å²) >= 11 is 0. The molecule has 0 saturated carbocycles. The number of nitrogens with one attached hydrogen (secondary N) is 1. The zero-order valence-electron chi connectivity index (χ0n) is 7.70. The summed E-state index contributed by atoms with van der Waals surface area (Å²) in [6.07, 6.45) is 2.04. The molecule has 4 heteroatoms. The first-order valence-electron chi connectivity index (χ1n) is 3.84. The summed E-state index contributed by atoms with van der Waals surface area (Å²) in [6, 6.07) is 0.0162. The first-order chi connectivity index (χ1) is 5.93. The molecule has 0 rings (SSSR count). The third kappa shape index (κ3) is 5.66. The van der Waals surface area contributed by atoms with Crippen molar-refractivity contribution in [3.63, 3.8) is 0 Å². The van der Waals surface area contributed by atoms with Crippen molar-refractivity contribution in [2.45, 2.75) is 19.9 Å². The van der Waals surface area contributed by atoms with Gasteiger partial charge in [-0.1, -0.05) is 6.58 Å². The fourth-order valence-electron chi connectivity index (χ4n) is 0.602. The number of hydrogen-bond acceptors (Lipinski definition) is 2. The lowest BCUT2D eigenvalue weighted by molar-refractivity contribution is -0.131. The van der Waals surface area contributed by atoms with Gasteiger partial charge < -0.3 is 10.4 Å². The van der Waals surface area contributed by atoms with E-state index in [1.54, 1.807) is 0 Å². The molecule has 1 amide bonds. The fraction of sp³-hybridized carbons (Fsp3) is 0.333. The number of hydrogen-bond donors (Lipinski definition) is 2.